The van der Waals surface area contributed by atoms with Gasteiger partial charge in [0.05, 0.1) is 34.7 Å². The van der Waals surface area contributed by atoms with Gasteiger partial charge in [-0.15, -0.1) is 11.3 Å². The van der Waals surface area contributed by atoms with Gasteiger partial charge in [0, 0.05) is 36.6 Å². The predicted octanol–water partition coefficient (Wildman–Crippen LogP) is 4.63. The third kappa shape index (κ3) is 5.22. The number of nitrogens with one attached hydrogen (secondary N) is 2. The van der Waals surface area contributed by atoms with Crippen LogP contribution in [0.2, 0.25) is 5.02 Å². The normalized spacial score (nSPS) is 16.2. The molecule has 12 heteroatoms. The molecule has 182 valence electrons. The highest BCUT2D eigenvalue weighted by Gasteiger charge is 2.27. The second kappa shape index (κ2) is 9.95. The number of benzene rings is 2. The van der Waals surface area contributed by atoms with Gasteiger partial charge < -0.3 is 19.9 Å². The van der Waals surface area contributed by atoms with E-state index >= 15 is 0 Å². The third-order valence-corrected chi connectivity index (χ3v) is 7.96. The van der Waals surface area contributed by atoms with Crippen LogP contribution < -0.4 is 19.7 Å². The Bertz CT molecular complexity index is 1270. The van der Waals surface area contributed by atoms with E-state index in [0.29, 0.717) is 17.5 Å². The molecule has 1 aliphatic rings. The van der Waals surface area contributed by atoms with Gasteiger partial charge >= 0.3 is 0 Å². The van der Waals surface area contributed by atoms with Crippen molar-refractivity contribution in [3.05, 3.63) is 52.1 Å². The van der Waals surface area contributed by atoms with Crippen LogP contribution in [0.4, 0.5) is 27.3 Å². The van der Waals surface area contributed by atoms with Crippen LogP contribution in [-0.2, 0) is 10.0 Å². The molecular weight excluding hydrogens is 501 g/mol. The minimum absolute atomic E-state index is 0.0643. The average molecular weight is 526 g/mol. The molecule has 0 radical (unpaired) electrons. The van der Waals surface area contributed by atoms with Gasteiger partial charge in [-0.05, 0) is 38.7 Å². The Kier molecular flexibility index (Phi) is 7.17. The second-order valence-electron chi connectivity index (χ2n) is 8.10. The summed E-state index contributed by atoms with van der Waals surface area (Å²) >= 11 is 7.61. The molecule has 1 unspecified atom stereocenters. The van der Waals surface area contributed by atoms with Crippen LogP contribution >= 0.6 is 22.9 Å². The van der Waals surface area contributed by atoms with Crippen LogP contribution in [-0.4, -0.2) is 58.6 Å². The maximum absolute atomic E-state index is 14.9. The fourth-order valence-electron chi connectivity index (χ4n) is 3.82. The molecule has 2 N–H and O–H groups in total. The van der Waals surface area contributed by atoms with E-state index in [-0.39, 0.29) is 16.5 Å². The first kappa shape index (κ1) is 24.5. The number of hydrogen-bond acceptors (Lipinski definition) is 8. The van der Waals surface area contributed by atoms with E-state index in [1.165, 1.54) is 22.2 Å². The summed E-state index contributed by atoms with van der Waals surface area (Å²) < 4.78 is 47.9. The van der Waals surface area contributed by atoms with Gasteiger partial charge in [0.25, 0.3) is 10.0 Å². The lowest BCUT2D eigenvalue weighted by atomic mass is 10.2. The number of likely N-dealkylation sites (N-methyl/N-ethyl adjacent to an activating group) is 1. The van der Waals surface area contributed by atoms with E-state index in [4.69, 9.17) is 16.3 Å². The zero-order chi connectivity index (χ0) is 24.5. The van der Waals surface area contributed by atoms with Crippen molar-refractivity contribution in [1.82, 2.24) is 9.88 Å². The van der Waals surface area contributed by atoms with Crippen LogP contribution in [0.15, 0.2) is 46.1 Å². The van der Waals surface area contributed by atoms with Crippen molar-refractivity contribution in [3.63, 3.8) is 0 Å². The van der Waals surface area contributed by atoms with Crippen molar-refractivity contribution in [2.75, 3.05) is 49.2 Å². The van der Waals surface area contributed by atoms with Crippen LogP contribution in [0.1, 0.15) is 6.42 Å². The van der Waals surface area contributed by atoms with Crippen molar-refractivity contribution in [2.24, 2.45) is 0 Å². The van der Waals surface area contributed by atoms with Crippen molar-refractivity contribution in [2.45, 2.75) is 17.4 Å². The number of hydrogen-bond donors (Lipinski definition) is 2. The molecule has 3 aromatic rings. The quantitative estimate of drug-likeness (QED) is 0.443. The number of thiazole rings is 1. The van der Waals surface area contributed by atoms with E-state index in [1.54, 1.807) is 13.2 Å². The summed E-state index contributed by atoms with van der Waals surface area (Å²) in [4.78, 5) is 7.74. The molecule has 1 aliphatic heterocycles. The van der Waals surface area contributed by atoms with Gasteiger partial charge in [-0.1, -0.05) is 11.6 Å². The van der Waals surface area contributed by atoms with E-state index in [2.05, 4.69) is 38.9 Å². The molecule has 0 bridgehead atoms. The number of anilines is 4. The number of sulfonamides is 1. The molecule has 4 rings (SSSR count). The Morgan fingerprint density at radius 3 is 2.71 bits per heavy atom. The summed E-state index contributed by atoms with van der Waals surface area (Å²) in [6, 6.07) is 8.13. The first-order valence-corrected chi connectivity index (χ1v) is 13.2. The Morgan fingerprint density at radius 2 is 2.06 bits per heavy atom. The average Bonchev–Trinajstić information content (AvgIpc) is 3.48. The summed E-state index contributed by atoms with van der Waals surface area (Å²) in [5, 5.41) is 4.75. The fourth-order valence-corrected chi connectivity index (χ4v) is 5.74. The van der Waals surface area contributed by atoms with Gasteiger partial charge in [0.2, 0.25) is 0 Å². The molecule has 0 saturated carbocycles. The molecule has 34 heavy (non-hydrogen) atoms. The van der Waals surface area contributed by atoms with Gasteiger partial charge in [-0.3, -0.25) is 4.72 Å². The maximum atomic E-state index is 14.9. The summed E-state index contributed by atoms with van der Waals surface area (Å²) in [6.07, 6.45) is 1.01. The van der Waals surface area contributed by atoms with E-state index in [9.17, 15) is 12.8 Å². The largest absolute Gasteiger partial charge is 0.497 e. The highest BCUT2D eigenvalue weighted by molar-refractivity contribution is 7.92. The number of aromatic nitrogens is 1. The standard InChI is InChI=1S/C22H25ClFN5O3S2/c1-28(2)14-6-7-29(11-14)20-8-15(32-3)4-5-18(20)26-19-10-17(24)21(9-16(19)23)34(30,31)27-22-12-33-13-25-22/h4-5,8-10,12-14,26-27H,6-7,11H2,1-3H3. The van der Waals surface area contributed by atoms with E-state index in [1.807, 2.05) is 12.1 Å². The van der Waals surface area contributed by atoms with Crippen molar-refractivity contribution in [1.29, 1.82) is 0 Å². The lowest BCUT2D eigenvalue weighted by Crippen LogP contribution is -2.31. The van der Waals surface area contributed by atoms with Gasteiger partial charge in [-0.25, -0.2) is 17.8 Å². The Labute approximate surface area is 207 Å². The Morgan fingerprint density at radius 1 is 1.26 bits per heavy atom. The second-order valence-corrected chi connectivity index (χ2v) is 10.9. The Balaban J connectivity index is 1.64. The Hall–Kier alpha value is -2.60. The first-order chi connectivity index (χ1) is 16.2. The molecular formula is C22H25ClFN5O3S2. The molecule has 0 aliphatic carbocycles. The molecule has 1 saturated heterocycles. The summed E-state index contributed by atoms with van der Waals surface area (Å²) in [5.74, 6) is -0.119. The van der Waals surface area contributed by atoms with Crippen molar-refractivity contribution < 1.29 is 17.5 Å². The third-order valence-electron chi connectivity index (χ3n) is 5.69. The SMILES string of the molecule is COc1ccc(Nc2cc(F)c(S(=O)(=O)Nc3cscn3)cc2Cl)c(N2CCC(N(C)C)C2)c1. The lowest BCUT2D eigenvalue weighted by Gasteiger charge is -2.25. The number of rotatable bonds is 8. The number of methoxy groups -OCH3 is 1. The molecule has 2 heterocycles. The van der Waals surface area contributed by atoms with Crippen molar-refractivity contribution in [3.8, 4) is 5.75 Å². The zero-order valence-electron chi connectivity index (χ0n) is 18.9. The topological polar surface area (TPSA) is 86.8 Å². The molecule has 1 aromatic heterocycles. The van der Waals surface area contributed by atoms with Crippen LogP contribution in [0.3, 0.4) is 0 Å². The van der Waals surface area contributed by atoms with Gasteiger partial charge in [-0.2, -0.15) is 0 Å². The smallest absolute Gasteiger partial charge is 0.266 e. The molecule has 1 fully saturated rings. The molecule has 0 spiro atoms. The highest BCUT2D eigenvalue weighted by atomic mass is 35.5. The zero-order valence-corrected chi connectivity index (χ0v) is 21.3. The number of halogens is 2. The predicted molar refractivity (Wildman–Crippen MR) is 135 cm³/mol. The van der Waals surface area contributed by atoms with Crippen LogP contribution in [0.25, 0.3) is 0 Å². The maximum Gasteiger partial charge on any atom is 0.266 e. The minimum atomic E-state index is -4.19. The molecule has 2 aromatic carbocycles. The number of ether oxygens (including phenoxy) is 1. The van der Waals surface area contributed by atoms with Gasteiger partial charge in [0.1, 0.15) is 16.5 Å². The monoisotopic (exact) mass is 525 g/mol. The summed E-state index contributed by atoms with van der Waals surface area (Å²) in [6.45, 7) is 1.68. The van der Waals surface area contributed by atoms with E-state index in [0.717, 1.165) is 37.3 Å². The van der Waals surface area contributed by atoms with Crippen LogP contribution in [0, 0.1) is 5.82 Å². The highest BCUT2D eigenvalue weighted by Crippen LogP contribution is 2.38. The minimum Gasteiger partial charge on any atom is -0.497 e. The van der Waals surface area contributed by atoms with Crippen molar-refractivity contribution >= 4 is 55.8 Å². The summed E-state index contributed by atoms with van der Waals surface area (Å²) in [5.41, 5.74) is 3.32. The van der Waals surface area contributed by atoms with Gasteiger partial charge in [0.15, 0.2) is 5.82 Å². The molecule has 1 atom stereocenters. The molecule has 0 amide bonds. The first-order valence-electron chi connectivity index (χ1n) is 10.4. The van der Waals surface area contributed by atoms with Crippen LogP contribution in [0.5, 0.6) is 5.75 Å². The lowest BCUT2D eigenvalue weighted by molar-refractivity contribution is 0.315. The fraction of sp³-hybridized carbons (Fsp3) is 0.318. The molecule has 8 nitrogen and oxygen atoms in total. The van der Waals surface area contributed by atoms with E-state index < -0.39 is 20.7 Å². The number of nitrogens with zero attached hydrogens (tertiary/aromatic N) is 3. The summed E-state index contributed by atoms with van der Waals surface area (Å²) in [7, 11) is 1.52.